The molecule has 4 nitrogen and oxygen atoms in total. The summed E-state index contributed by atoms with van der Waals surface area (Å²) in [5.41, 5.74) is 2.29. The van der Waals surface area contributed by atoms with Gasteiger partial charge in [0.2, 0.25) is 5.88 Å². The number of ether oxygens (including phenoxy) is 1. The van der Waals surface area contributed by atoms with Gasteiger partial charge in [0.15, 0.2) is 0 Å². The summed E-state index contributed by atoms with van der Waals surface area (Å²) in [4.78, 5) is 8.52. The first-order valence-corrected chi connectivity index (χ1v) is 6.95. The quantitative estimate of drug-likeness (QED) is 0.893. The average Bonchev–Trinajstić information content (AvgIpc) is 2.47. The van der Waals surface area contributed by atoms with Crippen LogP contribution in [-0.4, -0.2) is 17.0 Å². The van der Waals surface area contributed by atoms with Gasteiger partial charge in [0.1, 0.15) is 17.9 Å². The minimum atomic E-state index is 0.281. The molecule has 0 bridgehead atoms. The molecule has 1 aromatic heterocycles. The Hall–Kier alpha value is -2.10. The number of nitrogens with zero attached hydrogens (tertiary/aromatic N) is 2. The second-order valence-corrected chi connectivity index (χ2v) is 4.95. The summed E-state index contributed by atoms with van der Waals surface area (Å²) in [5.74, 6) is 2.51. The molecule has 2 rings (SSSR count). The zero-order chi connectivity index (χ0) is 14.5. The molecular weight excluding hydrogens is 250 g/mol. The number of rotatable bonds is 5. The molecule has 0 aliphatic rings. The van der Waals surface area contributed by atoms with Crippen molar-refractivity contribution in [2.45, 2.75) is 33.1 Å². The number of anilines is 1. The van der Waals surface area contributed by atoms with Crippen molar-refractivity contribution in [1.29, 1.82) is 0 Å². The molecular formula is C16H21N3O. The first-order valence-electron chi connectivity index (χ1n) is 6.95. The molecule has 0 spiro atoms. The summed E-state index contributed by atoms with van der Waals surface area (Å²) in [6.07, 6.45) is 2.54. The van der Waals surface area contributed by atoms with Crippen LogP contribution in [0, 0.1) is 0 Å². The van der Waals surface area contributed by atoms with Crippen LogP contribution in [0.25, 0.3) is 0 Å². The number of aromatic nitrogens is 2. The Balaban J connectivity index is 2.32. The average molecular weight is 271 g/mol. The standard InChI is InChI=1S/C16H21N3O/c1-5-12-6-8-13(9-7-12)20-16-14(11(2)3)15(17-4)18-10-19-16/h6-11H,5H2,1-4H3,(H,17,18,19). The molecule has 0 aliphatic carbocycles. The van der Waals surface area contributed by atoms with Crippen LogP contribution in [0.15, 0.2) is 30.6 Å². The SMILES string of the molecule is CCc1ccc(Oc2ncnc(NC)c2C(C)C)cc1. The van der Waals surface area contributed by atoms with Crippen LogP contribution in [0.1, 0.15) is 37.8 Å². The van der Waals surface area contributed by atoms with Crippen LogP contribution in [0.2, 0.25) is 0 Å². The fraction of sp³-hybridized carbons (Fsp3) is 0.375. The first-order chi connectivity index (χ1) is 9.65. The monoisotopic (exact) mass is 271 g/mol. The lowest BCUT2D eigenvalue weighted by atomic mass is 10.1. The van der Waals surface area contributed by atoms with Crippen molar-refractivity contribution < 1.29 is 4.74 Å². The maximum atomic E-state index is 5.92. The van der Waals surface area contributed by atoms with Crippen molar-refractivity contribution in [2.75, 3.05) is 12.4 Å². The van der Waals surface area contributed by atoms with Crippen LogP contribution >= 0.6 is 0 Å². The van der Waals surface area contributed by atoms with Gasteiger partial charge in [0.25, 0.3) is 0 Å². The molecule has 0 unspecified atom stereocenters. The summed E-state index contributed by atoms with van der Waals surface area (Å²) >= 11 is 0. The summed E-state index contributed by atoms with van der Waals surface area (Å²) in [7, 11) is 1.86. The normalized spacial score (nSPS) is 10.7. The van der Waals surface area contributed by atoms with Crippen molar-refractivity contribution in [3.8, 4) is 11.6 Å². The highest BCUT2D eigenvalue weighted by Crippen LogP contribution is 2.32. The van der Waals surface area contributed by atoms with Gasteiger partial charge >= 0.3 is 0 Å². The zero-order valence-electron chi connectivity index (χ0n) is 12.5. The Morgan fingerprint density at radius 2 is 1.85 bits per heavy atom. The van der Waals surface area contributed by atoms with Gasteiger partial charge in [-0.2, -0.15) is 0 Å². The summed E-state index contributed by atoms with van der Waals surface area (Å²) in [5, 5.41) is 3.09. The molecule has 0 fully saturated rings. The summed E-state index contributed by atoms with van der Waals surface area (Å²) < 4.78 is 5.92. The molecule has 4 heteroatoms. The van der Waals surface area contributed by atoms with E-state index in [4.69, 9.17) is 4.74 Å². The lowest BCUT2D eigenvalue weighted by molar-refractivity contribution is 0.451. The Bertz CT molecular complexity index is 564. The Morgan fingerprint density at radius 1 is 1.15 bits per heavy atom. The molecule has 20 heavy (non-hydrogen) atoms. The third-order valence-electron chi connectivity index (χ3n) is 3.21. The highest BCUT2D eigenvalue weighted by atomic mass is 16.5. The van der Waals surface area contributed by atoms with Crippen molar-refractivity contribution in [3.05, 3.63) is 41.7 Å². The van der Waals surface area contributed by atoms with Crippen molar-refractivity contribution in [3.63, 3.8) is 0 Å². The maximum Gasteiger partial charge on any atom is 0.227 e. The lowest BCUT2D eigenvalue weighted by Gasteiger charge is -2.15. The van der Waals surface area contributed by atoms with Gasteiger partial charge in [-0.25, -0.2) is 9.97 Å². The molecule has 1 aromatic carbocycles. The van der Waals surface area contributed by atoms with Crippen molar-refractivity contribution in [2.24, 2.45) is 0 Å². The third kappa shape index (κ3) is 3.07. The number of nitrogens with one attached hydrogen (secondary N) is 1. The highest BCUT2D eigenvalue weighted by molar-refractivity contribution is 5.51. The predicted octanol–water partition coefficient (Wildman–Crippen LogP) is 4.00. The smallest absolute Gasteiger partial charge is 0.227 e. The van der Waals surface area contributed by atoms with Crippen LogP contribution in [0.4, 0.5) is 5.82 Å². The summed E-state index contributed by atoms with van der Waals surface area (Å²) in [6, 6.07) is 8.10. The first kappa shape index (κ1) is 14.3. The van der Waals surface area contributed by atoms with Crippen molar-refractivity contribution >= 4 is 5.82 Å². The third-order valence-corrected chi connectivity index (χ3v) is 3.21. The van der Waals surface area contributed by atoms with Gasteiger partial charge in [-0.3, -0.25) is 0 Å². The van der Waals surface area contributed by atoms with Gasteiger partial charge in [-0.1, -0.05) is 32.9 Å². The number of benzene rings is 1. The minimum absolute atomic E-state index is 0.281. The Kier molecular flexibility index (Phi) is 4.56. The summed E-state index contributed by atoms with van der Waals surface area (Å²) in [6.45, 7) is 6.34. The Labute approximate surface area is 120 Å². The molecule has 0 saturated carbocycles. The van der Waals surface area contributed by atoms with Crippen LogP contribution in [-0.2, 0) is 6.42 Å². The van der Waals surface area contributed by atoms with Gasteiger partial charge in [-0.05, 0) is 30.0 Å². The van der Waals surface area contributed by atoms with E-state index in [1.54, 1.807) is 0 Å². The van der Waals surface area contributed by atoms with Gasteiger partial charge < -0.3 is 10.1 Å². The van der Waals surface area contributed by atoms with E-state index in [1.165, 1.54) is 11.9 Å². The fourth-order valence-electron chi connectivity index (χ4n) is 2.09. The molecule has 0 amide bonds. The molecule has 0 atom stereocenters. The highest BCUT2D eigenvalue weighted by Gasteiger charge is 2.16. The molecule has 1 N–H and O–H groups in total. The lowest BCUT2D eigenvalue weighted by Crippen LogP contribution is -2.04. The molecule has 0 radical (unpaired) electrons. The van der Waals surface area contributed by atoms with Crippen LogP contribution < -0.4 is 10.1 Å². The number of aryl methyl sites for hydroxylation is 1. The topological polar surface area (TPSA) is 47.0 Å². The fourth-order valence-corrected chi connectivity index (χ4v) is 2.09. The van der Waals surface area contributed by atoms with Crippen molar-refractivity contribution in [1.82, 2.24) is 9.97 Å². The number of hydrogen-bond acceptors (Lipinski definition) is 4. The van der Waals surface area contributed by atoms with E-state index < -0.39 is 0 Å². The van der Waals surface area contributed by atoms with Gasteiger partial charge in [0, 0.05) is 7.05 Å². The van der Waals surface area contributed by atoms with E-state index in [1.807, 2.05) is 19.2 Å². The van der Waals surface area contributed by atoms with Gasteiger partial charge in [0.05, 0.1) is 5.56 Å². The minimum Gasteiger partial charge on any atom is -0.439 e. The maximum absolute atomic E-state index is 5.92. The van der Waals surface area contributed by atoms with E-state index in [2.05, 4.69) is 48.2 Å². The predicted molar refractivity (Wildman–Crippen MR) is 81.6 cm³/mol. The van der Waals surface area contributed by atoms with Gasteiger partial charge in [-0.15, -0.1) is 0 Å². The second-order valence-electron chi connectivity index (χ2n) is 4.95. The van der Waals surface area contributed by atoms with E-state index in [0.29, 0.717) is 5.88 Å². The van der Waals surface area contributed by atoms with E-state index in [9.17, 15) is 0 Å². The molecule has 2 aromatic rings. The van der Waals surface area contributed by atoms with Crippen LogP contribution in [0.5, 0.6) is 11.6 Å². The molecule has 1 heterocycles. The molecule has 106 valence electrons. The molecule has 0 aliphatic heterocycles. The zero-order valence-corrected chi connectivity index (χ0v) is 12.5. The van der Waals surface area contributed by atoms with Crippen LogP contribution in [0.3, 0.4) is 0 Å². The van der Waals surface area contributed by atoms with E-state index >= 15 is 0 Å². The van der Waals surface area contributed by atoms with E-state index in [0.717, 1.165) is 23.6 Å². The second kappa shape index (κ2) is 6.37. The largest absolute Gasteiger partial charge is 0.439 e. The van der Waals surface area contributed by atoms with E-state index in [-0.39, 0.29) is 5.92 Å². The Morgan fingerprint density at radius 3 is 2.40 bits per heavy atom. The number of hydrogen-bond donors (Lipinski definition) is 1. The molecule has 0 saturated heterocycles.